The Morgan fingerprint density at radius 2 is 1.53 bits per heavy atom. The second-order valence-corrected chi connectivity index (χ2v) is 15.8. The largest absolute Gasteiger partial charge is 0.480 e. The first-order valence-electron chi connectivity index (χ1n) is 19.2. The number of fused-ring (bicyclic) bond motifs is 1. The van der Waals surface area contributed by atoms with Gasteiger partial charge in [0, 0.05) is 33.7 Å². The Morgan fingerprint density at radius 3 is 2.04 bits per heavy atom. The minimum atomic E-state index is -1.13. The zero-order valence-electron chi connectivity index (χ0n) is 33.6. The van der Waals surface area contributed by atoms with Gasteiger partial charge in [-0.05, 0) is 49.1 Å². The highest BCUT2D eigenvalue weighted by atomic mass is 16.5. The number of ether oxygens (including phenoxy) is 2. The third-order valence-electron chi connectivity index (χ3n) is 11.5. The first-order chi connectivity index (χ1) is 25.0. The number of carbonyl (C=O) groups excluding carboxylic acids is 4. The lowest BCUT2D eigenvalue weighted by atomic mass is 9.89. The zero-order valence-corrected chi connectivity index (χ0v) is 33.6. The molecule has 1 heterocycles. The first kappa shape index (κ1) is 43.9. The van der Waals surface area contributed by atoms with Crippen LogP contribution in [0, 0.1) is 29.6 Å². The number of rotatable bonds is 21. The molecule has 1 aliphatic heterocycles. The fraction of sp³-hybridized carbons (Fsp3) is 0.725. The van der Waals surface area contributed by atoms with E-state index in [0.717, 1.165) is 18.4 Å². The normalized spacial score (nSPS) is 22.5. The smallest absolute Gasteiger partial charge is 0.326 e. The summed E-state index contributed by atoms with van der Waals surface area (Å²) in [6.45, 7) is 13.4. The lowest BCUT2D eigenvalue weighted by Crippen LogP contribution is -2.59. The number of carboxylic acid groups (broad SMARTS) is 1. The number of amides is 4. The maximum Gasteiger partial charge on any atom is 0.326 e. The number of nitrogens with one attached hydrogen (secondary N) is 3. The van der Waals surface area contributed by atoms with Crippen LogP contribution in [0.1, 0.15) is 79.7 Å². The van der Waals surface area contributed by atoms with Gasteiger partial charge < -0.3 is 40.3 Å². The quantitative estimate of drug-likeness (QED) is 0.148. The monoisotopic (exact) mass is 743 g/mol. The van der Waals surface area contributed by atoms with Crippen LogP contribution in [-0.2, 0) is 39.9 Å². The summed E-state index contributed by atoms with van der Waals surface area (Å²) in [5.41, 5.74) is 0.789. The van der Waals surface area contributed by atoms with Crippen LogP contribution in [0.5, 0.6) is 0 Å². The number of likely N-dealkylation sites (tertiary alicyclic amines) is 1. The zero-order chi connectivity index (χ0) is 39.7. The fourth-order valence-corrected chi connectivity index (χ4v) is 8.10. The van der Waals surface area contributed by atoms with Crippen LogP contribution in [0.15, 0.2) is 30.3 Å². The molecule has 298 valence electrons. The summed E-state index contributed by atoms with van der Waals surface area (Å²) in [6, 6.07) is 5.92. The summed E-state index contributed by atoms with van der Waals surface area (Å²) in [5.74, 6) is -2.89. The van der Waals surface area contributed by atoms with Gasteiger partial charge in [0.1, 0.15) is 12.1 Å². The number of nitrogens with zero attached hydrogens (tertiary/aromatic N) is 2. The van der Waals surface area contributed by atoms with Crippen molar-refractivity contribution in [3.8, 4) is 0 Å². The number of carboxylic acids is 1. The highest BCUT2D eigenvalue weighted by Crippen LogP contribution is 2.50. The summed E-state index contributed by atoms with van der Waals surface area (Å²) >= 11 is 0. The lowest BCUT2D eigenvalue weighted by molar-refractivity contribution is -0.149. The Kier molecular flexibility index (Phi) is 16.3. The van der Waals surface area contributed by atoms with Gasteiger partial charge in [-0.3, -0.25) is 19.2 Å². The van der Waals surface area contributed by atoms with E-state index in [1.165, 1.54) is 7.11 Å². The van der Waals surface area contributed by atoms with Crippen molar-refractivity contribution in [1.82, 2.24) is 25.8 Å². The first-order valence-corrected chi connectivity index (χ1v) is 19.2. The Labute approximate surface area is 316 Å². The van der Waals surface area contributed by atoms with Crippen LogP contribution >= 0.6 is 0 Å². The molecule has 2 fully saturated rings. The van der Waals surface area contributed by atoms with Crippen molar-refractivity contribution in [2.45, 2.75) is 129 Å². The Hall–Kier alpha value is -3.55. The number of carbonyl (C=O) groups is 5. The molecule has 4 amide bonds. The predicted molar refractivity (Wildman–Crippen MR) is 203 cm³/mol. The molecule has 0 bridgehead atoms. The molecule has 1 aliphatic carbocycles. The van der Waals surface area contributed by atoms with Gasteiger partial charge in [0.15, 0.2) is 0 Å². The summed E-state index contributed by atoms with van der Waals surface area (Å²) in [5, 5.41) is 18.6. The van der Waals surface area contributed by atoms with Crippen LogP contribution in [0.4, 0.5) is 0 Å². The van der Waals surface area contributed by atoms with Gasteiger partial charge in [0.2, 0.25) is 23.6 Å². The molecule has 1 aromatic rings. The molecule has 1 saturated carbocycles. The molecule has 13 heteroatoms. The van der Waals surface area contributed by atoms with Gasteiger partial charge >= 0.3 is 5.97 Å². The van der Waals surface area contributed by atoms with Crippen LogP contribution in [0.3, 0.4) is 0 Å². The Balaban J connectivity index is 1.80. The van der Waals surface area contributed by atoms with Gasteiger partial charge in [-0.15, -0.1) is 0 Å². The second-order valence-electron chi connectivity index (χ2n) is 15.8. The van der Waals surface area contributed by atoms with Gasteiger partial charge in [0.05, 0.1) is 42.7 Å². The van der Waals surface area contributed by atoms with Crippen molar-refractivity contribution in [1.29, 1.82) is 0 Å². The lowest BCUT2D eigenvalue weighted by Gasteiger charge is -2.41. The maximum absolute atomic E-state index is 14.4. The summed E-state index contributed by atoms with van der Waals surface area (Å²) in [4.78, 5) is 70.9. The average molecular weight is 744 g/mol. The van der Waals surface area contributed by atoms with E-state index in [1.807, 2.05) is 76.8 Å². The molecule has 3 rings (SSSR count). The standard InChI is InChI=1S/C40H65N5O8/c1-12-24(6)35(44(9)39(49)34(23(4)5)43-38(48)33(41-8)22(2)3)31(52-10)21-32(46)45-29-19-27(29)20-30(45)36(53-11)25(7)37(47)42-28(40(50)51)18-26-16-14-13-15-17-26/h13-17,22-25,27-31,33-36,41H,12,18-21H2,1-11H3,(H,42,47)(H,43,48)(H,50,51)/t24-,25+,27-,28-,29?,30-,31+,33-,34-,35-,36+/m0/s1. The molecule has 0 radical (unpaired) electrons. The second kappa shape index (κ2) is 19.7. The molecule has 4 N–H and O–H groups in total. The molecule has 1 saturated heterocycles. The van der Waals surface area contributed by atoms with Crippen molar-refractivity contribution in [2.24, 2.45) is 29.6 Å². The van der Waals surface area contributed by atoms with E-state index in [1.54, 1.807) is 33.0 Å². The highest BCUT2D eigenvalue weighted by Gasteiger charge is 2.57. The van der Waals surface area contributed by atoms with Crippen LogP contribution < -0.4 is 16.0 Å². The van der Waals surface area contributed by atoms with Crippen molar-refractivity contribution in [3.63, 3.8) is 0 Å². The van der Waals surface area contributed by atoms with Gasteiger partial charge in [-0.25, -0.2) is 4.79 Å². The molecule has 11 atom stereocenters. The van der Waals surface area contributed by atoms with Crippen molar-refractivity contribution in [2.75, 3.05) is 28.3 Å². The van der Waals surface area contributed by atoms with E-state index >= 15 is 0 Å². The van der Waals surface area contributed by atoms with E-state index in [9.17, 15) is 29.1 Å². The number of hydrogen-bond donors (Lipinski definition) is 4. The van der Waals surface area contributed by atoms with Gasteiger partial charge in [-0.1, -0.05) is 85.2 Å². The van der Waals surface area contributed by atoms with Crippen LogP contribution in [-0.4, -0.2) is 121 Å². The summed E-state index contributed by atoms with van der Waals surface area (Å²) < 4.78 is 12.0. The van der Waals surface area contributed by atoms with Crippen molar-refractivity contribution >= 4 is 29.6 Å². The molecule has 53 heavy (non-hydrogen) atoms. The topological polar surface area (TPSA) is 167 Å². The van der Waals surface area contributed by atoms with Crippen molar-refractivity contribution in [3.05, 3.63) is 35.9 Å². The maximum atomic E-state index is 14.4. The molecular formula is C40H65N5O8. The average Bonchev–Trinajstić information content (AvgIpc) is 3.78. The summed E-state index contributed by atoms with van der Waals surface area (Å²) in [7, 11) is 6.51. The van der Waals surface area contributed by atoms with Crippen LogP contribution in [0.2, 0.25) is 0 Å². The minimum absolute atomic E-state index is 0.00586. The van der Waals surface area contributed by atoms with Crippen LogP contribution in [0.25, 0.3) is 0 Å². The third kappa shape index (κ3) is 10.8. The number of aliphatic carboxylic acids is 1. The predicted octanol–water partition coefficient (Wildman–Crippen LogP) is 3.10. The number of piperidine rings is 1. The third-order valence-corrected chi connectivity index (χ3v) is 11.5. The van der Waals surface area contributed by atoms with E-state index in [-0.39, 0.29) is 54.4 Å². The molecule has 2 aliphatic rings. The molecule has 13 nitrogen and oxygen atoms in total. The molecule has 1 unspecified atom stereocenters. The fourth-order valence-electron chi connectivity index (χ4n) is 8.10. The molecular weight excluding hydrogens is 678 g/mol. The van der Waals surface area contributed by atoms with Gasteiger partial charge in [-0.2, -0.15) is 0 Å². The SMILES string of the molecule is CC[C@H](C)[C@@H]([C@@H](CC(=O)N1C2C[C@H]2C[C@H]1[C@H](OC)[C@@H](C)C(=O)N[C@@H](Cc1ccccc1)C(=O)O)OC)N(C)C(=O)[C@@H](NC(=O)[C@@H](NC)C(C)C)C(C)C. The number of hydrogen-bond acceptors (Lipinski definition) is 8. The number of likely N-dealkylation sites (N-methyl/N-ethyl adjacent to an activating group) is 2. The Morgan fingerprint density at radius 1 is 0.906 bits per heavy atom. The molecule has 1 aromatic carbocycles. The Bertz CT molecular complexity index is 1390. The number of methoxy groups -OCH3 is 2. The van der Waals surface area contributed by atoms with Gasteiger partial charge in [0.25, 0.3) is 0 Å². The summed E-state index contributed by atoms with van der Waals surface area (Å²) in [6.07, 6.45) is 1.08. The van der Waals surface area contributed by atoms with E-state index in [0.29, 0.717) is 12.3 Å². The molecule has 0 spiro atoms. The van der Waals surface area contributed by atoms with E-state index in [4.69, 9.17) is 9.47 Å². The highest BCUT2D eigenvalue weighted by molar-refractivity contribution is 5.90. The van der Waals surface area contributed by atoms with E-state index < -0.39 is 60.2 Å². The van der Waals surface area contributed by atoms with Crippen molar-refractivity contribution < 1.29 is 38.6 Å². The number of benzene rings is 1. The molecule has 0 aromatic heterocycles. The minimum Gasteiger partial charge on any atom is -0.480 e. The van der Waals surface area contributed by atoms with E-state index in [2.05, 4.69) is 16.0 Å².